The van der Waals surface area contributed by atoms with Crippen molar-refractivity contribution in [3.05, 3.63) is 77.0 Å². The van der Waals surface area contributed by atoms with Crippen molar-refractivity contribution in [2.45, 2.75) is 33.1 Å². The molecule has 2 aliphatic rings. The average molecular weight is 305 g/mol. The third-order valence-corrected chi connectivity index (χ3v) is 4.55. The minimum Gasteiger partial charge on any atom is -0.370 e. The third kappa shape index (κ3) is 3.85. The van der Waals surface area contributed by atoms with Gasteiger partial charge in [-0.2, -0.15) is 0 Å². The fraction of sp³-hybridized carbons (Fsp3) is 0.364. The Morgan fingerprint density at radius 2 is 1.83 bits per heavy atom. The summed E-state index contributed by atoms with van der Waals surface area (Å²) in [5.74, 6) is 0.706. The van der Waals surface area contributed by atoms with E-state index in [-0.39, 0.29) is 0 Å². The molecule has 0 aromatic heterocycles. The molecule has 1 heteroatoms. The van der Waals surface area contributed by atoms with Crippen LogP contribution in [0.3, 0.4) is 0 Å². The summed E-state index contributed by atoms with van der Waals surface area (Å²) in [7, 11) is 2.19. The molecule has 0 fully saturated rings. The van der Waals surface area contributed by atoms with Crippen LogP contribution in [0.4, 0.5) is 0 Å². The third-order valence-electron chi connectivity index (χ3n) is 4.55. The molecule has 0 spiro atoms. The number of likely N-dealkylation sites (N-methyl/N-ethyl adjacent to an activating group) is 1. The van der Waals surface area contributed by atoms with E-state index in [0.717, 1.165) is 19.4 Å². The van der Waals surface area contributed by atoms with Crippen LogP contribution in [0.25, 0.3) is 5.57 Å². The van der Waals surface area contributed by atoms with Crippen molar-refractivity contribution in [3.8, 4) is 0 Å². The molecule has 1 aliphatic carbocycles. The summed E-state index contributed by atoms with van der Waals surface area (Å²) in [6.07, 6.45) is 13.0. The molecule has 1 aromatic rings. The van der Waals surface area contributed by atoms with Crippen molar-refractivity contribution in [1.82, 2.24) is 4.90 Å². The predicted octanol–water partition coefficient (Wildman–Crippen LogP) is 5.59. The van der Waals surface area contributed by atoms with Gasteiger partial charge in [0.05, 0.1) is 0 Å². The van der Waals surface area contributed by atoms with E-state index < -0.39 is 0 Å². The van der Waals surface area contributed by atoms with E-state index in [2.05, 4.69) is 80.4 Å². The zero-order valence-electron chi connectivity index (χ0n) is 14.5. The second-order valence-corrected chi connectivity index (χ2v) is 7.02. The van der Waals surface area contributed by atoms with E-state index >= 15 is 0 Å². The molecule has 120 valence electrons. The van der Waals surface area contributed by atoms with Crippen LogP contribution in [0.5, 0.6) is 0 Å². The average Bonchev–Trinajstić information content (AvgIpc) is 2.57. The van der Waals surface area contributed by atoms with Gasteiger partial charge in [0.15, 0.2) is 0 Å². The van der Waals surface area contributed by atoms with E-state index in [4.69, 9.17) is 0 Å². The van der Waals surface area contributed by atoms with Crippen LogP contribution in [0, 0.1) is 5.92 Å². The Bertz CT molecular complexity index is 671. The quantitative estimate of drug-likeness (QED) is 0.700. The van der Waals surface area contributed by atoms with Crippen LogP contribution in [0.1, 0.15) is 38.7 Å². The first kappa shape index (κ1) is 15.9. The molecule has 0 amide bonds. The minimum absolute atomic E-state index is 0.706. The van der Waals surface area contributed by atoms with Crippen molar-refractivity contribution in [2.24, 2.45) is 5.92 Å². The van der Waals surface area contributed by atoms with Gasteiger partial charge in [-0.1, -0.05) is 56.3 Å². The Balaban J connectivity index is 1.88. The van der Waals surface area contributed by atoms with Crippen LogP contribution in [0.15, 0.2) is 71.5 Å². The van der Waals surface area contributed by atoms with Gasteiger partial charge >= 0.3 is 0 Å². The molecule has 0 unspecified atom stereocenters. The lowest BCUT2D eigenvalue weighted by Crippen LogP contribution is -2.23. The number of hydrogen-bond acceptors (Lipinski definition) is 1. The Labute approximate surface area is 140 Å². The second-order valence-electron chi connectivity index (χ2n) is 7.02. The Kier molecular flexibility index (Phi) is 4.85. The zero-order chi connectivity index (χ0) is 16.2. The summed E-state index contributed by atoms with van der Waals surface area (Å²) in [5.41, 5.74) is 7.05. The van der Waals surface area contributed by atoms with Gasteiger partial charge in [-0.05, 0) is 59.6 Å². The topological polar surface area (TPSA) is 3.24 Å². The number of hydrogen-bond donors (Lipinski definition) is 0. The molecule has 0 N–H and O–H groups in total. The van der Waals surface area contributed by atoms with Crippen molar-refractivity contribution < 1.29 is 0 Å². The van der Waals surface area contributed by atoms with Crippen LogP contribution in [-0.2, 0) is 0 Å². The van der Waals surface area contributed by atoms with Gasteiger partial charge in [0, 0.05) is 19.3 Å². The summed E-state index contributed by atoms with van der Waals surface area (Å²) >= 11 is 0. The molecule has 1 heterocycles. The normalized spacial score (nSPS) is 18.3. The van der Waals surface area contributed by atoms with Crippen molar-refractivity contribution in [3.63, 3.8) is 0 Å². The molecule has 0 atom stereocenters. The van der Waals surface area contributed by atoms with E-state index in [9.17, 15) is 0 Å². The van der Waals surface area contributed by atoms with Crippen LogP contribution in [0.2, 0.25) is 0 Å². The van der Waals surface area contributed by atoms with Gasteiger partial charge in [0.1, 0.15) is 0 Å². The Morgan fingerprint density at radius 3 is 2.57 bits per heavy atom. The first-order valence-corrected chi connectivity index (χ1v) is 8.72. The molecule has 1 aromatic carbocycles. The van der Waals surface area contributed by atoms with Crippen molar-refractivity contribution >= 4 is 5.57 Å². The molecule has 3 rings (SSSR count). The highest BCUT2D eigenvalue weighted by molar-refractivity contribution is 5.71. The van der Waals surface area contributed by atoms with Gasteiger partial charge < -0.3 is 4.90 Å². The van der Waals surface area contributed by atoms with E-state index in [1.165, 1.54) is 34.4 Å². The fourth-order valence-electron chi connectivity index (χ4n) is 3.38. The first-order valence-electron chi connectivity index (χ1n) is 8.72. The predicted molar refractivity (Wildman–Crippen MR) is 100.0 cm³/mol. The summed E-state index contributed by atoms with van der Waals surface area (Å²) in [6.45, 7) is 5.60. The van der Waals surface area contributed by atoms with Crippen molar-refractivity contribution in [1.29, 1.82) is 0 Å². The SMILES string of the molecule is CC(C)CC1=CCN(C)C(C2=CCCC(c3ccccc3)=C2)=C1. The monoisotopic (exact) mass is 305 g/mol. The van der Waals surface area contributed by atoms with Crippen LogP contribution < -0.4 is 0 Å². The summed E-state index contributed by atoms with van der Waals surface area (Å²) in [5, 5.41) is 0. The van der Waals surface area contributed by atoms with Gasteiger partial charge in [-0.15, -0.1) is 0 Å². The Hall–Kier alpha value is -2.02. The molecule has 0 saturated heterocycles. The fourth-order valence-corrected chi connectivity index (χ4v) is 3.38. The van der Waals surface area contributed by atoms with Gasteiger partial charge in [0.25, 0.3) is 0 Å². The molecule has 1 nitrogen and oxygen atoms in total. The first-order chi connectivity index (χ1) is 11.1. The molecule has 1 aliphatic heterocycles. The molecule has 0 bridgehead atoms. The van der Waals surface area contributed by atoms with E-state index in [0.29, 0.717) is 5.92 Å². The molecule has 23 heavy (non-hydrogen) atoms. The van der Waals surface area contributed by atoms with Gasteiger partial charge in [-0.3, -0.25) is 0 Å². The smallest absolute Gasteiger partial charge is 0.0439 e. The van der Waals surface area contributed by atoms with E-state index in [1.54, 1.807) is 0 Å². The maximum Gasteiger partial charge on any atom is 0.0439 e. The largest absolute Gasteiger partial charge is 0.370 e. The van der Waals surface area contributed by atoms with Crippen LogP contribution >= 0.6 is 0 Å². The zero-order valence-corrected chi connectivity index (χ0v) is 14.5. The molecular formula is C22H27N. The lowest BCUT2D eigenvalue weighted by Gasteiger charge is -2.29. The maximum absolute atomic E-state index is 2.40. The molecule has 0 radical (unpaired) electrons. The highest BCUT2D eigenvalue weighted by atomic mass is 15.1. The standard InChI is InChI=1S/C22H27N/c1-17(2)14-18-12-13-23(3)22(15-18)21-11-7-10-20(16-21)19-8-5-4-6-9-19/h4-6,8-9,11-12,15-17H,7,10,13-14H2,1-3H3. The highest BCUT2D eigenvalue weighted by Crippen LogP contribution is 2.32. The van der Waals surface area contributed by atoms with Gasteiger partial charge in [0.2, 0.25) is 0 Å². The maximum atomic E-state index is 2.40. The van der Waals surface area contributed by atoms with Crippen LogP contribution in [-0.4, -0.2) is 18.5 Å². The van der Waals surface area contributed by atoms with Gasteiger partial charge in [-0.25, -0.2) is 0 Å². The number of nitrogens with zero attached hydrogens (tertiary/aromatic N) is 1. The van der Waals surface area contributed by atoms with Crippen molar-refractivity contribution in [2.75, 3.05) is 13.6 Å². The highest BCUT2D eigenvalue weighted by Gasteiger charge is 2.17. The lowest BCUT2D eigenvalue weighted by atomic mass is 9.90. The number of rotatable bonds is 4. The number of benzene rings is 1. The molecule has 0 saturated carbocycles. The second kappa shape index (κ2) is 7.04. The summed E-state index contributed by atoms with van der Waals surface area (Å²) in [6, 6.07) is 10.8. The molecular weight excluding hydrogens is 278 g/mol. The minimum atomic E-state index is 0.706. The summed E-state index contributed by atoms with van der Waals surface area (Å²) in [4.78, 5) is 2.36. The van der Waals surface area contributed by atoms with E-state index in [1.807, 2.05) is 0 Å². The number of allylic oxidation sites excluding steroid dienone is 5. The lowest BCUT2D eigenvalue weighted by molar-refractivity contribution is 0.463. The summed E-state index contributed by atoms with van der Waals surface area (Å²) < 4.78 is 0. The Morgan fingerprint density at radius 1 is 1.04 bits per heavy atom.